The predicted molar refractivity (Wildman–Crippen MR) is 72.4 cm³/mol. The average Bonchev–Trinajstić information content (AvgIpc) is 2.39. The highest BCUT2D eigenvalue weighted by Crippen LogP contribution is 2.16. The lowest BCUT2D eigenvalue weighted by Crippen LogP contribution is -2.20. The van der Waals surface area contributed by atoms with Gasteiger partial charge in [0, 0.05) is 5.69 Å². The Morgan fingerprint density at radius 2 is 1.81 bits per heavy atom. The first kappa shape index (κ1) is 16.2. The van der Waals surface area contributed by atoms with E-state index < -0.39 is 30.2 Å². The Bertz CT molecular complexity index is 574. The molecule has 7 heteroatoms. The number of carbonyl (C=O) groups excluding carboxylic acids is 1. The SMILES string of the molecule is N#CCC(=O)Nc1ccc(CC(CC(=O)O)C(=O)O)cc1. The highest BCUT2D eigenvalue weighted by molar-refractivity contribution is 5.92. The van der Waals surface area contributed by atoms with E-state index in [1.54, 1.807) is 30.3 Å². The molecule has 1 aromatic carbocycles. The van der Waals surface area contributed by atoms with Crippen LogP contribution in [0.3, 0.4) is 0 Å². The first-order valence-corrected chi connectivity index (χ1v) is 6.12. The Balaban J connectivity index is 2.69. The smallest absolute Gasteiger partial charge is 0.307 e. The number of anilines is 1. The summed E-state index contributed by atoms with van der Waals surface area (Å²) in [4.78, 5) is 32.8. The number of nitrogens with one attached hydrogen (secondary N) is 1. The summed E-state index contributed by atoms with van der Waals surface area (Å²) in [6.07, 6.45) is -0.606. The predicted octanol–water partition coefficient (Wildman–Crippen LogP) is 1.26. The minimum Gasteiger partial charge on any atom is -0.481 e. The summed E-state index contributed by atoms with van der Waals surface area (Å²) in [5.74, 6) is -3.76. The molecule has 0 fully saturated rings. The molecule has 0 bridgehead atoms. The Morgan fingerprint density at radius 3 is 2.29 bits per heavy atom. The topological polar surface area (TPSA) is 127 Å². The van der Waals surface area contributed by atoms with Crippen LogP contribution < -0.4 is 5.32 Å². The van der Waals surface area contributed by atoms with Crippen molar-refractivity contribution < 1.29 is 24.6 Å². The van der Waals surface area contributed by atoms with Crippen molar-refractivity contribution in [3.05, 3.63) is 29.8 Å². The van der Waals surface area contributed by atoms with Gasteiger partial charge in [0.05, 0.1) is 18.4 Å². The molecule has 1 aromatic rings. The summed E-state index contributed by atoms with van der Waals surface area (Å²) in [6, 6.07) is 8.09. The van der Waals surface area contributed by atoms with Crippen molar-refractivity contribution in [1.29, 1.82) is 5.26 Å². The van der Waals surface area contributed by atoms with Gasteiger partial charge < -0.3 is 15.5 Å². The van der Waals surface area contributed by atoms with Gasteiger partial charge in [-0.05, 0) is 24.1 Å². The normalized spacial score (nSPS) is 11.2. The summed E-state index contributed by atoms with van der Waals surface area (Å²) in [5, 5.41) is 28.5. The zero-order valence-corrected chi connectivity index (χ0v) is 11.1. The number of carboxylic acids is 2. The van der Waals surface area contributed by atoms with Gasteiger partial charge in [-0.2, -0.15) is 5.26 Å². The van der Waals surface area contributed by atoms with Gasteiger partial charge in [0.15, 0.2) is 0 Å². The minimum atomic E-state index is -1.16. The Hall–Kier alpha value is -2.88. The Morgan fingerprint density at radius 1 is 1.19 bits per heavy atom. The molecule has 0 aromatic heterocycles. The molecule has 1 atom stereocenters. The zero-order chi connectivity index (χ0) is 15.8. The van der Waals surface area contributed by atoms with Crippen molar-refractivity contribution in [3.8, 4) is 6.07 Å². The number of carboxylic acid groups (broad SMARTS) is 2. The number of nitrogens with zero attached hydrogens (tertiary/aromatic N) is 1. The number of benzene rings is 1. The van der Waals surface area contributed by atoms with Crippen LogP contribution in [0.4, 0.5) is 5.69 Å². The van der Waals surface area contributed by atoms with Crippen molar-refractivity contribution in [2.24, 2.45) is 5.92 Å². The highest BCUT2D eigenvalue weighted by Gasteiger charge is 2.21. The van der Waals surface area contributed by atoms with Crippen LogP contribution in [0, 0.1) is 17.2 Å². The summed E-state index contributed by atoms with van der Waals surface area (Å²) >= 11 is 0. The van der Waals surface area contributed by atoms with Crippen molar-refractivity contribution >= 4 is 23.5 Å². The lowest BCUT2D eigenvalue weighted by Gasteiger charge is -2.10. The van der Waals surface area contributed by atoms with Gasteiger partial charge in [-0.15, -0.1) is 0 Å². The fourth-order valence-electron chi connectivity index (χ4n) is 1.74. The highest BCUT2D eigenvalue weighted by atomic mass is 16.4. The molecule has 21 heavy (non-hydrogen) atoms. The molecule has 110 valence electrons. The van der Waals surface area contributed by atoms with Crippen molar-refractivity contribution in [2.45, 2.75) is 19.3 Å². The maximum atomic E-state index is 11.2. The first-order chi connectivity index (χ1) is 9.92. The van der Waals surface area contributed by atoms with Crippen LogP contribution in [0.25, 0.3) is 0 Å². The van der Waals surface area contributed by atoms with E-state index in [0.717, 1.165) is 0 Å². The van der Waals surface area contributed by atoms with Crippen LogP contribution in [-0.2, 0) is 20.8 Å². The van der Waals surface area contributed by atoms with E-state index in [2.05, 4.69) is 5.32 Å². The van der Waals surface area contributed by atoms with E-state index in [1.807, 2.05) is 0 Å². The molecule has 0 heterocycles. The third-order valence-corrected chi connectivity index (χ3v) is 2.73. The van der Waals surface area contributed by atoms with Gasteiger partial charge >= 0.3 is 11.9 Å². The van der Waals surface area contributed by atoms with Crippen LogP contribution in [0.5, 0.6) is 0 Å². The molecule has 0 radical (unpaired) electrons. The lowest BCUT2D eigenvalue weighted by atomic mass is 9.96. The second-order valence-electron chi connectivity index (χ2n) is 4.42. The number of rotatable bonds is 7. The molecule has 0 aliphatic heterocycles. The quantitative estimate of drug-likeness (QED) is 0.693. The summed E-state index contributed by atoms with van der Waals surface area (Å²) < 4.78 is 0. The fourth-order valence-corrected chi connectivity index (χ4v) is 1.74. The van der Waals surface area contributed by atoms with E-state index in [9.17, 15) is 14.4 Å². The van der Waals surface area contributed by atoms with Crippen molar-refractivity contribution in [1.82, 2.24) is 0 Å². The van der Waals surface area contributed by atoms with Crippen molar-refractivity contribution in [2.75, 3.05) is 5.32 Å². The van der Waals surface area contributed by atoms with Crippen LogP contribution in [0.2, 0.25) is 0 Å². The maximum Gasteiger partial charge on any atom is 0.307 e. The minimum absolute atomic E-state index is 0.0913. The summed E-state index contributed by atoms with van der Waals surface area (Å²) in [6.45, 7) is 0. The molecule has 7 nitrogen and oxygen atoms in total. The number of hydrogen-bond donors (Lipinski definition) is 3. The molecule has 0 saturated carbocycles. The number of aliphatic carboxylic acids is 2. The number of nitriles is 1. The van der Waals surface area contributed by atoms with Crippen LogP contribution in [0.15, 0.2) is 24.3 Å². The van der Waals surface area contributed by atoms with Crippen molar-refractivity contribution in [3.63, 3.8) is 0 Å². The monoisotopic (exact) mass is 290 g/mol. The third kappa shape index (κ3) is 5.74. The standard InChI is InChI=1S/C14H14N2O5/c15-6-5-12(17)16-11-3-1-9(2-4-11)7-10(14(20)21)8-13(18)19/h1-4,10H,5,7-8H2,(H,16,17)(H,18,19)(H,20,21). The number of amides is 1. The first-order valence-electron chi connectivity index (χ1n) is 6.12. The number of carbonyl (C=O) groups is 3. The average molecular weight is 290 g/mol. The van der Waals surface area contributed by atoms with Crippen LogP contribution in [-0.4, -0.2) is 28.1 Å². The van der Waals surface area contributed by atoms with E-state index in [1.165, 1.54) is 0 Å². The van der Waals surface area contributed by atoms with E-state index in [4.69, 9.17) is 15.5 Å². The molecule has 3 N–H and O–H groups in total. The number of hydrogen-bond acceptors (Lipinski definition) is 4. The molecule has 1 unspecified atom stereocenters. The zero-order valence-electron chi connectivity index (χ0n) is 11.1. The summed E-state index contributed by atoms with van der Waals surface area (Å²) in [7, 11) is 0. The van der Waals surface area contributed by atoms with Crippen LogP contribution in [0.1, 0.15) is 18.4 Å². The molecular weight excluding hydrogens is 276 g/mol. The fraction of sp³-hybridized carbons (Fsp3) is 0.286. The third-order valence-electron chi connectivity index (χ3n) is 2.73. The van der Waals surface area contributed by atoms with Gasteiger partial charge in [0.2, 0.25) is 5.91 Å². The Kier molecular flexibility index (Phi) is 5.89. The van der Waals surface area contributed by atoms with Gasteiger partial charge in [0.1, 0.15) is 6.42 Å². The molecule has 1 rings (SSSR count). The molecule has 0 aliphatic carbocycles. The molecule has 0 spiro atoms. The van der Waals surface area contributed by atoms with Crippen LogP contribution >= 0.6 is 0 Å². The lowest BCUT2D eigenvalue weighted by molar-refractivity contribution is -0.148. The molecule has 0 aliphatic rings. The van der Waals surface area contributed by atoms with Gasteiger partial charge in [-0.1, -0.05) is 12.1 Å². The van der Waals surface area contributed by atoms with E-state index >= 15 is 0 Å². The van der Waals surface area contributed by atoms with E-state index in [-0.39, 0.29) is 12.8 Å². The van der Waals surface area contributed by atoms with Gasteiger partial charge in [0.25, 0.3) is 0 Å². The van der Waals surface area contributed by atoms with Gasteiger partial charge in [-0.3, -0.25) is 14.4 Å². The summed E-state index contributed by atoms with van der Waals surface area (Å²) in [5.41, 5.74) is 1.14. The molecule has 0 saturated heterocycles. The van der Waals surface area contributed by atoms with Gasteiger partial charge in [-0.25, -0.2) is 0 Å². The maximum absolute atomic E-state index is 11.2. The second kappa shape index (κ2) is 7.65. The molecular formula is C14H14N2O5. The Labute approximate surface area is 120 Å². The van der Waals surface area contributed by atoms with E-state index in [0.29, 0.717) is 11.3 Å². The largest absolute Gasteiger partial charge is 0.481 e. The second-order valence-corrected chi connectivity index (χ2v) is 4.42. The molecule has 1 amide bonds.